The molecule has 0 heterocycles. The van der Waals surface area contributed by atoms with Gasteiger partial charge in [0, 0.05) is 6.04 Å². The van der Waals surface area contributed by atoms with Gasteiger partial charge in [0.15, 0.2) is 9.84 Å². The van der Waals surface area contributed by atoms with Gasteiger partial charge in [-0.2, -0.15) is 0 Å². The molecule has 0 saturated heterocycles. The second-order valence-corrected chi connectivity index (χ2v) is 6.73. The Hall–Kier alpha value is -0.870. The normalized spacial score (nSPS) is 25.1. The Morgan fingerprint density at radius 3 is 2.62 bits per heavy atom. The van der Waals surface area contributed by atoms with E-state index in [2.05, 4.69) is 0 Å². The van der Waals surface area contributed by atoms with Crippen LogP contribution in [0.2, 0.25) is 0 Å². The molecule has 2 N–H and O–H groups in total. The first-order valence-corrected chi connectivity index (χ1v) is 7.17. The molecule has 0 bridgehead atoms. The summed E-state index contributed by atoms with van der Waals surface area (Å²) in [5.41, 5.74) is 6.63. The molecule has 0 aromatic heterocycles. The zero-order valence-corrected chi connectivity index (χ0v) is 10.2. The van der Waals surface area contributed by atoms with E-state index < -0.39 is 9.84 Å². The van der Waals surface area contributed by atoms with Crippen LogP contribution >= 0.6 is 0 Å². The van der Waals surface area contributed by atoms with Gasteiger partial charge in [0.2, 0.25) is 0 Å². The molecular formula is C12H17NO2S. The summed E-state index contributed by atoms with van der Waals surface area (Å²) in [7, 11) is -3.12. The maximum Gasteiger partial charge on any atom is 0.178 e. The average Bonchev–Trinajstić information content (AvgIpc) is 2.15. The van der Waals surface area contributed by atoms with Crippen molar-refractivity contribution >= 4 is 9.84 Å². The topological polar surface area (TPSA) is 60.2 Å². The summed E-state index contributed by atoms with van der Waals surface area (Å²) in [6.45, 7) is 1.90. The summed E-state index contributed by atoms with van der Waals surface area (Å²) in [5.74, 6) is 0.491. The van der Waals surface area contributed by atoms with E-state index in [4.69, 9.17) is 5.73 Å². The van der Waals surface area contributed by atoms with E-state index in [0.717, 1.165) is 18.4 Å². The maximum atomic E-state index is 12.1. The fraction of sp³-hybridized carbons (Fsp3) is 0.500. The fourth-order valence-electron chi connectivity index (χ4n) is 2.14. The lowest BCUT2D eigenvalue weighted by atomic mass is 9.82. The van der Waals surface area contributed by atoms with Crippen molar-refractivity contribution in [2.24, 2.45) is 11.7 Å². The van der Waals surface area contributed by atoms with Crippen molar-refractivity contribution in [2.75, 3.05) is 5.75 Å². The highest BCUT2D eigenvalue weighted by Crippen LogP contribution is 2.29. The summed E-state index contributed by atoms with van der Waals surface area (Å²) in [5, 5.41) is 0. The molecule has 1 fully saturated rings. The smallest absolute Gasteiger partial charge is 0.178 e. The van der Waals surface area contributed by atoms with E-state index in [1.54, 1.807) is 18.2 Å². The second-order valence-electron chi connectivity index (χ2n) is 4.70. The first kappa shape index (κ1) is 11.6. The summed E-state index contributed by atoms with van der Waals surface area (Å²) < 4.78 is 24.1. The van der Waals surface area contributed by atoms with Crippen molar-refractivity contribution < 1.29 is 8.42 Å². The molecule has 0 radical (unpaired) electrons. The maximum absolute atomic E-state index is 12.1. The molecule has 16 heavy (non-hydrogen) atoms. The lowest BCUT2D eigenvalue weighted by molar-refractivity contribution is 0.292. The van der Waals surface area contributed by atoms with Crippen LogP contribution in [-0.2, 0) is 9.84 Å². The van der Waals surface area contributed by atoms with Crippen LogP contribution in [0.4, 0.5) is 0 Å². The molecule has 0 amide bonds. The number of nitrogens with two attached hydrogens (primary N) is 1. The van der Waals surface area contributed by atoms with Crippen LogP contribution in [0.25, 0.3) is 0 Å². The van der Waals surface area contributed by atoms with E-state index in [1.165, 1.54) is 0 Å². The van der Waals surface area contributed by atoms with Gasteiger partial charge >= 0.3 is 0 Å². The molecule has 2 rings (SSSR count). The van der Waals surface area contributed by atoms with Gasteiger partial charge in [-0.05, 0) is 43.4 Å². The average molecular weight is 239 g/mol. The van der Waals surface area contributed by atoms with Crippen LogP contribution in [-0.4, -0.2) is 20.2 Å². The van der Waals surface area contributed by atoms with Gasteiger partial charge in [-0.3, -0.25) is 0 Å². The van der Waals surface area contributed by atoms with Crippen LogP contribution in [0.3, 0.4) is 0 Å². The van der Waals surface area contributed by atoms with Crippen molar-refractivity contribution in [3.05, 3.63) is 29.8 Å². The standard InChI is InChI=1S/C12H17NO2S/c1-9-3-2-4-12(5-9)16(14,15)8-10-6-11(13)7-10/h2-5,10-11H,6-8,13H2,1H3. The summed E-state index contributed by atoms with van der Waals surface area (Å²) in [6.07, 6.45) is 1.68. The van der Waals surface area contributed by atoms with Gasteiger partial charge in [-0.15, -0.1) is 0 Å². The Balaban J connectivity index is 2.13. The molecule has 0 spiro atoms. The van der Waals surface area contributed by atoms with E-state index in [-0.39, 0.29) is 17.7 Å². The highest BCUT2D eigenvalue weighted by atomic mass is 32.2. The number of sulfone groups is 1. The van der Waals surface area contributed by atoms with Crippen molar-refractivity contribution in [3.63, 3.8) is 0 Å². The van der Waals surface area contributed by atoms with Gasteiger partial charge in [-0.25, -0.2) is 8.42 Å². The highest BCUT2D eigenvalue weighted by Gasteiger charge is 2.30. The molecule has 1 aromatic rings. The molecule has 1 aliphatic rings. The summed E-state index contributed by atoms with van der Waals surface area (Å²) in [4.78, 5) is 0.438. The zero-order valence-electron chi connectivity index (χ0n) is 9.39. The molecule has 1 aliphatic carbocycles. The van der Waals surface area contributed by atoms with Gasteiger partial charge in [0.25, 0.3) is 0 Å². The Labute approximate surface area is 96.6 Å². The van der Waals surface area contributed by atoms with E-state index >= 15 is 0 Å². The van der Waals surface area contributed by atoms with Gasteiger partial charge in [0.05, 0.1) is 10.6 Å². The minimum atomic E-state index is -3.12. The Morgan fingerprint density at radius 1 is 1.38 bits per heavy atom. The summed E-state index contributed by atoms with van der Waals surface area (Å²) >= 11 is 0. The minimum Gasteiger partial charge on any atom is -0.328 e. The summed E-state index contributed by atoms with van der Waals surface area (Å²) in [6, 6.07) is 7.29. The van der Waals surface area contributed by atoms with Crippen molar-refractivity contribution in [2.45, 2.75) is 30.7 Å². The van der Waals surface area contributed by atoms with Gasteiger partial charge < -0.3 is 5.73 Å². The third-order valence-electron chi connectivity index (χ3n) is 3.08. The lowest BCUT2D eigenvalue weighted by Gasteiger charge is -2.32. The Bertz CT molecular complexity index is 476. The predicted octanol–water partition coefficient (Wildman–Crippen LogP) is 1.51. The molecular weight excluding hydrogens is 222 g/mol. The van der Waals surface area contributed by atoms with Crippen LogP contribution in [0.5, 0.6) is 0 Å². The molecule has 0 aliphatic heterocycles. The predicted molar refractivity (Wildman–Crippen MR) is 63.9 cm³/mol. The van der Waals surface area contributed by atoms with Gasteiger partial charge in [0.1, 0.15) is 0 Å². The third-order valence-corrected chi connectivity index (χ3v) is 4.96. The number of aryl methyl sites for hydroxylation is 1. The van der Waals surface area contributed by atoms with E-state index in [0.29, 0.717) is 4.90 Å². The van der Waals surface area contributed by atoms with Crippen molar-refractivity contribution in [1.82, 2.24) is 0 Å². The van der Waals surface area contributed by atoms with Gasteiger partial charge in [-0.1, -0.05) is 12.1 Å². The van der Waals surface area contributed by atoms with Crippen LogP contribution < -0.4 is 5.73 Å². The fourth-order valence-corrected chi connectivity index (χ4v) is 3.88. The largest absolute Gasteiger partial charge is 0.328 e. The molecule has 4 heteroatoms. The molecule has 1 saturated carbocycles. The third kappa shape index (κ3) is 2.44. The van der Waals surface area contributed by atoms with Crippen molar-refractivity contribution in [1.29, 1.82) is 0 Å². The number of benzene rings is 1. The highest BCUT2D eigenvalue weighted by molar-refractivity contribution is 7.91. The number of rotatable bonds is 3. The monoisotopic (exact) mass is 239 g/mol. The molecule has 1 aromatic carbocycles. The Kier molecular flexibility index (Phi) is 3.04. The molecule has 3 nitrogen and oxygen atoms in total. The first-order chi connectivity index (χ1) is 7.47. The quantitative estimate of drug-likeness (QED) is 0.869. The minimum absolute atomic E-state index is 0.206. The van der Waals surface area contributed by atoms with Crippen LogP contribution in [0.1, 0.15) is 18.4 Å². The van der Waals surface area contributed by atoms with E-state index in [1.807, 2.05) is 13.0 Å². The van der Waals surface area contributed by atoms with Crippen LogP contribution in [0, 0.1) is 12.8 Å². The number of hydrogen-bond acceptors (Lipinski definition) is 3. The molecule has 88 valence electrons. The van der Waals surface area contributed by atoms with Crippen molar-refractivity contribution in [3.8, 4) is 0 Å². The Morgan fingerprint density at radius 2 is 2.06 bits per heavy atom. The van der Waals surface area contributed by atoms with E-state index in [9.17, 15) is 8.42 Å². The first-order valence-electron chi connectivity index (χ1n) is 5.52. The molecule has 0 atom stereocenters. The van der Waals surface area contributed by atoms with Crippen LogP contribution in [0.15, 0.2) is 29.2 Å². The number of hydrogen-bond donors (Lipinski definition) is 1. The molecule has 0 unspecified atom stereocenters. The zero-order chi connectivity index (χ0) is 11.8. The second kappa shape index (κ2) is 4.18. The SMILES string of the molecule is Cc1cccc(S(=O)(=O)CC2CC(N)C2)c1. The lowest BCUT2D eigenvalue weighted by Crippen LogP contribution is -2.39.